The largest absolute Gasteiger partial charge is 0.325 e. The molecule has 0 saturated carbocycles. The number of amides is 2. The Balaban J connectivity index is 1.84. The van der Waals surface area contributed by atoms with E-state index in [1.165, 1.54) is 0 Å². The van der Waals surface area contributed by atoms with Gasteiger partial charge < -0.3 is 10.2 Å². The molecule has 3 rings (SSSR count). The highest BCUT2D eigenvalue weighted by atomic mass is 16.2. The lowest BCUT2D eigenvalue weighted by atomic mass is 9.96. The number of para-hydroxylation sites is 2. The summed E-state index contributed by atoms with van der Waals surface area (Å²) in [6.07, 6.45) is 0.186. The third kappa shape index (κ3) is 2.84. The predicted molar refractivity (Wildman–Crippen MR) is 91.6 cm³/mol. The Bertz CT molecular complexity index is 755. The van der Waals surface area contributed by atoms with Gasteiger partial charge in [-0.15, -0.1) is 0 Å². The van der Waals surface area contributed by atoms with Crippen LogP contribution in [-0.4, -0.2) is 18.4 Å². The second-order valence-corrected chi connectivity index (χ2v) is 5.76. The maximum Gasteiger partial charge on any atom is 0.232 e. The molecule has 1 atom stereocenters. The molecule has 1 N–H and O–H groups in total. The number of fused-ring (bicyclic) bond motifs is 1. The van der Waals surface area contributed by atoms with E-state index in [1.54, 1.807) is 4.90 Å². The quantitative estimate of drug-likeness (QED) is 0.940. The average molecular weight is 308 g/mol. The molecule has 0 aliphatic carbocycles. The van der Waals surface area contributed by atoms with Crippen LogP contribution >= 0.6 is 0 Å². The minimum Gasteiger partial charge on any atom is -0.325 e. The van der Waals surface area contributed by atoms with Crippen LogP contribution in [0.1, 0.15) is 30.4 Å². The Hall–Kier alpha value is -2.62. The van der Waals surface area contributed by atoms with Gasteiger partial charge in [-0.1, -0.05) is 36.4 Å². The smallest absolute Gasteiger partial charge is 0.232 e. The van der Waals surface area contributed by atoms with Crippen LogP contribution in [0.4, 0.5) is 11.4 Å². The molecule has 0 bridgehead atoms. The number of carbonyl (C=O) groups excluding carboxylic acids is 2. The summed E-state index contributed by atoms with van der Waals surface area (Å²) in [5.41, 5.74) is 3.69. The first-order chi connectivity index (χ1) is 11.1. The Morgan fingerprint density at radius 3 is 2.57 bits per heavy atom. The van der Waals surface area contributed by atoms with Crippen LogP contribution in [0.25, 0.3) is 0 Å². The summed E-state index contributed by atoms with van der Waals surface area (Å²) >= 11 is 0. The number of rotatable bonds is 4. The van der Waals surface area contributed by atoms with Crippen molar-refractivity contribution >= 4 is 23.2 Å². The summed E-state index contributed by atoms with van der Waals surface area (Å²) in [4.78, 5) is 26.7. The van der Waals surface area contributed by atoms with Gasteiger partial charge in [-0.25, -0.2) is 0 Å². The first-order valence-electron chi connectivity index (χ1n) is 7.87. The number of aryl methyl sites for hydroxylation is 1. The fraction of sp³-hybridized carbons (Fsp3) is 0.263. The molecule has 0 radical (unpaired) electrons. The summed E-state index contributed by atoms with van der Waals surface area (Å²) in [6.45, 7) is 4.52. The number of anilines is 2. The number of nitrogens with one attached hydrogen (secondary N) is 1. The highest BCUT2D eigenvalue weighted by molar-refractivity contribution is 6.06. The van der Waals surface area contributed by atoms with E-state index in [2.05, 4.69) is 5.32 Å². The lowest BCUT2D eigenvalue weighted by molar-refractivity contribution is -0.123. The summed E-state index contributed by atoms with van der Waals surface area (Å²) in [5.74, 6) is -0.532. The van der Waals surface area contributed by atoms with Crippen LogP contribution < -0.4 is 10.2 Å². The molecule has 1 unspecified atom stereocenters. The lowest BCUT2D eigenvalue weighted by Crippen LogP contribution is -2.33. The molecule has 0 aromatic heterocycles. The van der Waals surface area contributed by atoms with Crippen LogP contribution in [0.15, 0.2) is 48.5 Å². The topological polar surface area (TPSA) is 49.4 Å². The van der Waals surface area contributed by atoms with Crippen molar-refractivity contribution in [1.29, 1.82) is 0 Å². The molecule has 1 heterocycles. The normalized spacial score (nSPS) is 15.9. The van der Waals surface area contributed by atoms with Crippen LogP contribution in [0.3, 0.4) is 0 Å². The number of hydrogen-bond donors (Lipinski definition) is 1. The average Bonchev–Trinajstić information content (AvgIpc) is 2.86. The Kier molecular flexibility index (Phi) is 4.15. The van der Waals surface area contributed by atoms with Crippen LogP contribution in [-0.2, 0) is 9.59 Å². The van der Waals surface area contributed by atoms with E-state index in [1.807, 2.05) is 62.4 Å². The van der Waals surface area contributed by atoms with Gasteiger partial charge in [0.25, 0.3) is 0 Å². The van der Waals surface area contributed by atoms with Gasteiger partial charge in [0, 0.05) is 24.3 Å². The van der Waals surface area contributed by atoms with Crippen molar-refractivity contribution in [1.82, 2.24) is 0 Å². The minimum atomic E-state index is -0.406. The Morgan fingerprint density at radius 2 is 1.83 bits per heavy atom. The number of hydrogen-bond acceptors (Lipinski definition) is 2. The van der Waals surface area contributed by atoms with E-state index < -0.39 is 5.92 Å². The molecule has 118 valence electrons. The molecule has 2 aromatic carbocycles. The zero-order valence-electron chi connectivity index (χ0n) is 13.4. The highest BCUT2D eigenvalue weighted by Crippen LogP contribution is 2.35. The van der Waals surface area contributed by atoms with Gasteiger partial charge in [0.15, 0.2) is 0 Å². The Labute approximate surface area is 136 Å². The predicted octanol–water partition coefficient (Wildman–Crippen LogP) is 3.47. The van der Waals surface area contributed by atoms with Gasteiger partial charge >= 0.3 is 0 Å². The van der Waals surface area contributed by atoms with Crippen molar-refractivity contribution in [2.45, 2.75) is 26.2 Å². The number of benzene rings is 2. The summed E-state index contributed by atoms with van der Waals surface area (Å²) in [5, 5.41) is 2.85. The standard InChI is InChI=1S/C19H20N2O2/c1-3-21(17-11-7-4-8-13(17)2)18(22)12-15-14-9-5-6-10-16(14)20-19(15)23/h4-11,15H,3,12H2,1-2H3,(H,20,23). The van der Waals surface area contributed by atoms with Crippen molar-refractivity contribution in [3.8, 4) is 0 Å². The molecule has 0 spiro atoms. The van der Waals surface area contributed by atoms with Gasteiger partial charge in [0.05, 0.1) is 5.92 Å². The van der Waals surface area contributed by atoms with Gasteiger partial charge in [-0.3, -0.25) is 9.59 Å². The van der Waals surface area contributed by atoms with Crippen LogP contribution in [0.2, 0.25) is 0 Å². The molecule has 4 heteroatoms. The molecule has 2 amide bonds. The van der Waals surface area contributed by atoms with E-state index in [0.717, 1.165) is 22.5 Å². The first kappa shape index (κ1) is 15.3. The summed E-state index contributed by atoms with van der Waals surface area (Å²) in [6, 6.07) is 15.4. The highest BCUT2D eigenvalue weighted by Gasteiger charge is 2.33. The number of nitrogens with zero attached hydrogens (tertiary/aromatic N) is 1. The van der Waals surface area contributed by atoms with Crippen molar-refractivity contribution in [2.75, 3.05) is 16.8 Å². The first-order valence-corrected chi connectivity index (χ1v) is 7.87. The second kappa shape index (κ2) is 6.24. The molecule has 1 aliphatic rings. The summed E-state index contributed by atoms with van der Waals surface area (Å²) in [7, 11) is 0. The number of carbonyl (C=O) groups is 2. The maximum atomic E-state index is 12.8. The zero-order valence-corrected chi connectivity index (χ0v) is 13.4. The molecule has 0 saturated heterocycles. The zero-order chi connectivity index (χ0) is 16.4. The molecular weight excluding hydrogens is 288 g/mol. The van der Waals surface area contributed by atoms with Crippen LogP contribution in [0, 0.1) is 6.92 Å². The summed E-state index contributed by atoms with van der Waals surface area (Å²) < 4.78 is 0. The minimum absolute atomic E-state index is 0.0290. The van der Waals surface area contributed by atoms with Gasteiger partial charge in [0.2, 0.25) is 11.8 Å². The molecule has 2 aromatic rings. The second-order valence-electron chi connectivity index (χ2n) is 5.76. The fourth-order valence-electron chi connectivity index (χ4n) is 3.11. The van der Waals surface area contributed by atoms with E-state index >= 15 is 0 Å². The molecule has 23 heavy (non-hydrogen) atoms. The van der Waals surface area contributed by atoms with E-state index in [9.17, 15) is 9.59 Å². The van der Waals surface area contributed by atoms with Crippen LogP contribution in [0.5, 0.6) is 0 Å². The lowest BCUT2D eigenvalue weighted by Gasteiger charge is -2.24. The van der Waals surface area contributed by atoms with Crippen molar-refractivity contribution in [3.05, 3.63) is 59.7 Å². The van der Waals surface area contributed by atoms with Gasteiger partial charge in [-0.2, -0.15) is 0 Å². The monoisotopic (exact) mass is 308 g/mol. The molecule has 1 aliphatic heterocycles. The van der Waals surface area contributed by atoms with Crippen molar-refractivity contribution < 1.29 is 9.59 Å². The van der Waals surface area contributed by atoms with Crippen molar-refractivity contribution in [2.24, 2.45) is 0 Å². The van der Waals surface area contributed by atoms with Gasteiger partial charge in [0.1, 0.15) is 0 Å². The third-order valence-electron chi connectivity index (χ3n) is 4.31. The Morgan fingerprint density at radius 1 is 1.13 bits per heavy atom. The molecular formula is C19H20N2O2. The molecule has 0 fully saturated rings. The SMILES string of the molecule is CCN(C(=O)CC1C(=O)Nc2ccccc21)c1ccccc1C. The van der Waals surface area contributed by atoms with E-state index in [-0.39, 0.29) is 18.2 Å². The van der Waals surface area contributed by atoms with E-state index in [4.69, 9.17) is 0 Å². The van der Waals surface area contributed by atoms with Crippen molar-refractivity contribution in [3.63, 3.8) is 0 Å². The maximum absolute atomic E-state index is 12.8. The third-order valence-corrected chi connectivity index (χ3v) is 4.31. The molecule has 4 nitrogen and oxygen atoms in total. The van der Waals surface area contributed by atoms with Gasteiger partial charge in [-0.05, 0) is 37.1 Å². The van der Waals surface area contributed by atoms with E-state index in [0.29, 0.717) is 6.54 Å². The fourth-order valence-corrected chi connectivity index (χ4v) is 3.11.